The Morgan fingerprint density at radius 2 is 1.72 bits per heavy atom. The molecule has 2 heterocycles. The number of hydrogen-bond donors (Lipinski definition) is 1. The largest absolute Gasteiger partial charge is 0.416 e. The molecule has 2 aliphatic heterocycles. The van der Waals surface area contributed by atoms with Crippen LogP contribution in [0.25, 0.3) is 11.1 Å². The number of nitrogens with zero attached hydrogens (tertiary/aromatic N) is 3. The highest BCUT2D eigenvalue weighted by molar-refractivity contribution is 8.02. The van der Waals surface area contributed by atoms with Crippen molar-refractivity contribution in [2.24, 2.45) is 0 Å². The van der Waals surface area contributed by atoms with Gasteiger partial charge in [0.2, 0.25) is 5.91 Å². The molecule has 1 saturated heterocycles. The van der Waals surface area contributed by atoms with Gasteiger partial charge in [-0.25, -0.2) is 8.78 Å². The Hall–Kier alpha value is -4.23. The molecule has 4 aromatic rings. The van der Waals surface area contributed by atoms with Crippen molar-refractivity contribution in [3.8, 4) is 11.1 Å². The number of aliphatic hydroxyl groups is 1. The number of anilines is 1. The number of aliphatic hydroxyl groups excluding tert-OH is 1. The summed E-state index contributed by atoms with van der Waals surface area (Å²) < 4.78 is 163. The zero-order chi connectivity index (χ0) is 46.6. The fraction of sp³-hybridized carbons (Fsp3) is 0.341. The van der Waals surface area contributed by atoms with Gasteiger partial charge in [-0.15, -0.1) is 11.8 Å². The first kappa shape index (κ1) is 27.4. The minimum absolute atomic E-state index is 0.0426. The van der Waals surface area contributed by atoms with Crippen LogP contribution in [0.1, 0.15) is 60.5 Å². The lowest BCUT2D eigenvalue weighted by Crippen LogP contribution is -2.50. The van der Waals surface area contributed by atoms with Crippen LogP contribution in [-0.2, 0) is 28.0 Å². The van der Waals surface area contributed by atoms with Crippen LogP contribution >= 0.6 is 11.8 Å². The molecule has 53 heavy (non-hydrogen) atoms. The van der Waals surface area contributed by atoms with E-state index in [-0.39, 0.29) is 56.4 Å². The zero-order valence-corrected chi connectivity index (χ0v) is 29.5. The van der Waals surface area contributed by atoms with Crippen molar-refractivity contribution in [1.29, 1.82) is 0 Å². The van der Waals surface area contributed by atoms with Crippen LogP contribution in [0.15, 0.2) is 95.9 Å². The first-order valence-electron chi connectivity index (χ1n) is 21.6. The molecule has 1 N–H and O–H groups in total. The number of thioether (sulfide) groups is 1. The molecule has 1 fully saturated rings. The second-order valence-corrected chi connectivity index (χ2v) is 13.2. The molecule has 2 aliphatic rings. The molecular weight excluding hydrogens is 710 g/mol. The Labute approximate surface area is 324 Å². The molecule has 12 heteroatoms. The monoisotopic (exact) mass is 761 g/mol. The Balaban J connectivity index is 1.46. The second kappa shape index (κ2) is 16.8. The number of carbonyl (C=O) groups is 1. The third-order valence-corrected chi connectivity index (χ3v) is 9.59. The standard InChI is InChI=1S/C41H42F5N3O3S/c1-27-6-15-36-34(22-27)37(50)23-39(53-26-31-4-3-5-35(42)40(31)43)49(36)25-38(51)48(33-16-18-47(19-17-33)20-21-52-2)24-28-7-9-29(10-8-28)30-11-13-32(14-12-30)41(44,45)46/h3-15,22-23,33,37,50H,16-21,24-26H2,1-2H3/i6D,15D,20D2,22D,23D,25D2,26D2. The Morgan fingerprint density at radius 1 is 1.04 bits per heavy atom. The molecule has 1 atom stereocenters. The molecule has 280 valence electrons. The third kappa shape index (κ3) is 9.29. The van der Waals surface area contributed by atoms with E-state index in [1.165, 1.54) is 31.1 Å². The molecule has 0 radical (unpaired) electrons. The van der Waals surface area contributed by atoms with Crippen molar-refractivity contribution in [3.05, 3.63) is 135 Å². The summed E-state index contributed by atoms with van der Waals surface area (Å²) in [4.78, 5) is 18.3. The van der Waals surface area contributed by atoms with Gasteiger partial charge in [-0.1, -0.05) is 66.2 Å². The molecule has 1 amide bonds. The van der Waals surface area contributed by atoms with E-state index < -0.39 is 106 Å². The van der Waals surface area contributed by atoms with Gasteiger partial charge < -0.3 is 24.5 Å². The van der Waals surface area contributed by atoms with Crippen LogP contribution in [0.5, 0.6) is 0 Å². The lowest BCUT2D eigenvalue weighted by atomic mass is 9.99. The summed E-state index contributed by atoms with van der Waals surface area (Å²) in [5.41, 5.74) is -4.66. The average Bonchev–Trinajstić information content (AvgIpc) is 3.23. The van der Waals surface area contributed by atoms with Crippen molar-refractivity contribution in [3.63, 3.8) is 0 Å². The number of carbonyl (C=O) groups excluding carboxylic acids is 1. The number of likely N-dealkylation sites (tertiary alicyclic amines) is 1. The molecule has 0 aliphatic carbocycles. The number of rotatable bonds is 12. The van der Waals surface area contributed by atoms with Gasteiger partial charge in [-0.2, -0.15) is 13.2 Å². The lowest BCUT2D eigenvalue weighted by molar-refractivity contribution is -0.137. The van der Waals surface area contributed by atoms with E-state index in [4.69, 9.17) is 15.7 Å². The first-order chi connectivity index (χ1) is 29.3. The molecule has 0 aromatic heterocycles. The predicted molar refractivity (Wildman–Crippen MR) is 198 cm³/mol. The predicted octanol–water partition coefficient (Wildman–Crippen LogP) is 8.73. The summed E-state index contributed by atoms with van der Waals surface area (Å²) >= 11 is -0.0426. The fourth-order valence-electron chi connectivity index (χ4n) is 5.98. The van der Waals surface area contributed by atoms with Gasteiger partial charge in [0.25, 0.3) is 0 Å². The van der Waals surface area contributed by atoms with Gasteiger partial charge in [0.1, 0.15) is 12.6 Å². The van der Waals surface area contributed by atoms with Gasteiger partial charge in [-0.3, -0.25) is 4.79 Å². The highest BCUT2D eigenvalue weighted by Gasteiger charge is 2.33. The number of halogens is 5. The minimum Gasteiger partial charge on any atom is -0.384 e. The number of alkyl halides is 3. The van der Waals surface area contributed by atoms with Gasteiger partial charge in [-0.05, 0) is 66.7 Å². The van der Waals surface area contributed by atoms with E-state index in [1.807, 2.05) is 0 Å². The van der Waals surface area contributed by atoms with Crippen molar-refractivity contribution in [2.45, 2.75) is 50.3 Å². The van der Waals surface area contributed by atoms with E-state index in [9.17, 15) is 25.4 Å². The highest BCUT2D eigenvalue weighted by atomic mass is 32.2. The van der Waals surface area contributed by atoms with E-state index >= 15 is 9.18 Å². The number of methoxy groups -OCH3 is 1. The Bertz CT molecular complexity index is 2400. The summed E-state index contributed by atoms with van der Waals surface area (Å²) in [6, 6.07) is 9.83. The minimum atomic E-state index is -4.54. The SMILES string of the molecule is [2H]C1=C(SC([2H])([2H])c2cccc(F)c2F)N(C([2H])([2H])C(=O)N(Cc2ccc(-c3ccc(C(F)(F)F)cc3)cc2)C2CCN(C([2H])([2H])COC)CC2)c2c([2H])c([2H])c(C)c([2H])c2C1O. The molecule has 6 nitrogen and oxygen atoms in total. The Kier molecular flexibility index (Phi) is 8.70. The maximum absolute atomic E-state index is 15.2. The third-order valence-electron chi connectivity index (χ3n) is 8.77. The van der Waals surface area contributed by atoms with Crippen LogP contribution in [0, 0.1) is 18.6 Å². The summed E-state index contributed by atoms with van der Waals surface area (Å²) in [5, 5.41) is 10.6. The number of piperidine rings is 1. The number of fused-ring (bicyclic) bond motifs is 1. The van der Waals surface area contributed by atoms with Gasteiger partial charge in [0.15, 0.2) is 11.6 Å². The van der Waals surface area contributed by atoms with E-state index in [2.05, 4.69) is 0 Å². The summed E-state index contributed by atoms with van der Waals surface area (Å²) in [6.45, 7) is -4.46. The second-order valence-electron chi connectivity index (χ2n) is 12.4. The van der Waals surface area contributed by atoms with Crippen molar-refractivity contribution >= 4 is 23.4 Å². The van der Waals surface area contributed by atoms with Crippen LogP contribution in [0.2, 0.25) is 0 Å². The topological polar surface area (TPSA) is 56.3 Å². The molecule has 0 spiro atoms. The summed E-state index contributed by atoms with van der Waals surface area (Å²) in [6.07, 6.45) is -6.45. The van der Waals surface area contributed by atoms with Crippen LogP contribution < -0.4 is 4.90 Å². The van der Waals surface area contributed by atoms with Gasteiger partial charge in [0, 0.05) is 67.3 Å². The van der Waals surface area contributed by atoms with Crippen LogP contribution in [0.3, 0.4) is 0 Å². The fourth-order valence-corrected chi connectivity index (χ4v) is 6.74. The quantitative estimate of drug-likeness (QED) is 0.146. The molecule has 0 saturated carbocycles. The number of hydrogen-bond acceptors (Lipinski definition) is 6. The van der Waals surface area contributed by atoms with Crippen molar-refractivity contribution in [1.82, 2.24) is 9.80 Å². The smallest absolute Gasteiger partial charge is 0.384 e. The molecule has 4 aromatic carbocycles. The zero-order valence-electron chi connectivity index (χ0n) is 38.7. The normalized spacial score (nSPS) is 20.5. The molecule has 0 bridgehead atoms. The van der Waals surface area contributed by atoms with E-state index in [1.54, 1.807) is 24.3 Å². The Morgan fingerprint density at radius 3 is 2.38 bits per heavy atom. The number of amides is 1. The van der Waals surface area contributed by atoms with Crippen LogP contribution in [0.4, 0.5) is 27.6 Å². The highest BCUT2D eigenvalue weighted by Crippen LogP contribution is 2.41. The van der Waals surface area contributed by atoms with E-state index in [0.29, 0.717) is 21.6 Å². The van der Waals surface area contributed by atoms with Crippen molar-refractivity contribution < 1.29 is 50.3 Å². The lowest BCUT2D eigenvalue weighted by Gasteiger charge is -2.40. The number of ether oxygens (including phenoxy) is 1. The molecule has 6 rings (SSSR count). The first-order valence-corrected chi connectivity index (χ1v) is 17.4. The summed E-state index contributed by atoms with van der Waals surface area (Å²) in [7, 11) is 1.34. The average molecular weight is 762 g/mol. The molecule has 1 unspecified atom stereocenters. The number of benzene rings is 4. The van der Waals surface area contributed by atoms with Gasteiger partial charge >= 0.3 is 6.18 Å². The maximum Gasteiger partial charge on any atom is 0.416 e. The van der Waals surface area contributed by atoms with Gasteiger partial charge in [0.05, 0.1) is 25.4 Å². The van der Waals surface area contributed by atoms with E-state index in [0.717, 1.165) is 35.2 Å². The van der Waals surface area contributed by atoms with Crippen LogP contribution in [-0.4, -0.2) is 66.7 Å². The van der Waals surface area contributed by atoms with Crippen molar-refractivity contribution in [2.75, 3.05) is 44.7 Å². The molecular formula is C41H42F5N3O3S. The maximum atomic E-state index is 15.2. The summed E-state index contributed by atoms with van der Waals surface area (Å²) in [5.74, 6) is -4.34.